The number of benzene rings is 2. The van der Waals surface area contributed by atoms with Crippen LogP contribution in [0.25, 0.3) is 22.2 Å². The van der Waals surface area contributed by atoms with Crippen LogP contribution in [0.1, 0.15) is 45.0 Å². The number of aryl methyl sites for hydroxylation is 2. The number of nitrogens with one attached hydrogen (secondary N) is 1. The van der Waals surface area contributed by atoms with Gasteiger partial charge in [0.1, 0.15) is 11.4 Å². The fourth-order valence-electron chi connectivity index (χ4n) is 4.03. The van der Waals surface area contributed by atoms with Crippen molar-refractivity contribution >= 4 is 16.9 Å². The number of pyridine rings is 1. The largest absolute Gasteiger partial charge is 0.444 e. The second kappa shape index (κ2) is 11.1. The van der Waals surface area contributed by atoms with Gasteiger partial charge in [0, 0.05) is 42.9 Å². The number of amides is 1. The molecule has 0 saturated carbocycles. The summed E-state index contributed by atoms with van der Waals surface area (Å²) >= 11 is 0. The second-order valence-electron chi connectivity index (χ2n) is 9.65. The zero-order chi connectivity index (χ0) is 24.7. The van der Waals surface area contributed by atoms with Crippen LogP contribution >= 0.6 is 0 Å². The van der Waals surface area contributed by atoms with Crippen molar-refractivity contribution in [2.75, 3.05) is 6.54 Å². The quantitative estimate of drug-likeness (QED) is 0.322. The molecule has 7 nitrogen and oxygen atoms in total. The number of nitrogens with zero attached hydrogens (tertiary/aromatic N) is 4. The van der Waals surface area contributed by atoms with E-state index in [1.54, 1.807) is 6.20 Å². The van der Waals surface area contributed by atoms with Crippen LogP contribution in [0.5, 0.6) is 0 Å². The first kappa shape index (κ1) is 24.4. The van der Waals surface area contributed by atoms with Gasteiger partial charge in [0.15, 0.2) is 5.82 Å². The molecule has 7 heteroatoms. The summed E-state index contributed by atoms with van der Waals surface area (Å²) in [5.74, 6) is 1.72. The third-order valence-electron chi connectivity index (χ3n) is 5.69. The lowest BCUT2D eigenvalue weighted by molar-refractivity contribution is 0.0526. The molecule has 0 aliphatic carbocycles. The highest BCUT2D eigenvalue weighted by molar-refractivity contribution is 5.85. The van der Waals surface area contributed by atoms with Gasteiger partial charge >= 0.3 is 6.09 Å². The summed E-state index contributed by atoms with van der Waals surface area (Å²) in [7, 11) is 0. The number of aromatic nitrogens is 4. The molecule has 0 fully saturated rings. The zero-order valence-corrected chi connectivity index (χ0v) is 20.7. The summed E-state index contributed by atoms with van der Waals surface area (Å²) in [5, 5.41) is 14.1. The number of ether oxygens (including phenoxy) is 1. The van der Waals surface area contributed by atoms with Crippen LogP contribution in [0.2, 0.25) is 0 Å². The lowest BCUT2D eigenvalue weighted by Crippen LogP contribution is -2.34. The summed E-state index contributed by atoms with van der Waals surface area (Å²) in [5.41, 5.74) is 1.81. The fraction of sp³-hybridized carbons (Fsp3) is 0.357. The van der Waals surface area contributed by atoms with Gasteiger partial charge < -0.3 is 14.6 Å². The maximum Gasteiger partial charge on any atom is 0.407 e. The molecule has 35 heavy (non-hydrogen) atoms. The van der Waals surface area contributed by atoms with Crippen LogP contribution in [-0.2, 0) is 24.1 Å². The number of alkyl carbamates (subject to hydrolysis) is 1. The highest BCUT2D eigenvalue weighted by atomic mass is 16.6. The van der Waals surface area contributed by atoms with Crippen molar-refractivity contribution in [2.45, 2.75) is 58.6 Å². The Kier molecular flexibility index (Phi) is 7.75. The summed E-state index contributed by atoms with van der Waals surface area (Å²) in [6, 6.07) is 18.7. The van der Waals surface area contributed by atoms with E-state index in [1.807, 2.05) is 45.2 Å². The van der Waals surface area contributed by atoms with Gasteiger partial charge in [-0.2, -0.15) is 0 Å². The molecule has 2 aromatic heterocycles. The smallest absolute Gasteiger partial charge is 0.407 e. The normalized spacial score (nSPS) is 11.5. The molecule has 0 atom stereocenters. The van der Waals surface area contributed by atoms with Crippen LogP contribution in [0.15, 0.2) is 67.0 Å². The molecule has 0 bridgehead atoms. The minimum atomic E-state index is -0.532. The van der Waals surface area contributed by atoms with E-state index in [9.17, 15) is 4.79 Å². The Morgan fingerprint density at radius 2 is 1.77 bits per heavy atom. The van der Waals surface area contributed by atoms with Gasteiger partial charge in [-0.3, -0.25) is 4.98 Å². The Balaban J connectivity index is 1.48. The van der Waals surface area contributed by atoms with Gasteiger partial charge in [-0.05, 0) is 63.1 Å². The van der Waals surface area contributed by atoms with E-state index in [0.29, 0.717) is 13.1 Å². The molecule has 4 rings (SSSR count). The zero-order valence-electron chi connectivity index (χ0n) is 20.7. The van der Waals surface area contributed by atoms with Crippen molar-refractivity contribution in [1.82, 2.24) is 25.1 Å². The molecule has 2 heterocycles. The minimum Gasteiger partial charge on any atom is -0.444 e. The molecule has 182 valence electrons. The maximum atomic E-state index is 12.1. The van der Waals surface area contributed by atoms with Crippen molar-refractivity contribution in [3.05, 3.63) is 78.4 Å². The molecule has 0 unspecified atom stereocenters. The van der Waals surface area contributed by atoms with E-state index in [1.165, 1.54) is 5.56 Å². The van der Waals surface area contributed by atoms with Crippen molar-refractivity contribution in [3.63, 3.8) is 0 Å². The number of hydrogen-bond acceptors (Lipinski definition) is 5. The number of carbonyl (C=O) groups is 1. The lowest BCUT2D eigenvalue weighted by atomic mass is 10.1. The summed E-state index contributed by atoms with van der Waals surface area (Å²) in [4.78, 5) is 16.3. The average Bonchev–Trinajstić information content (AvgIpc) is 3.23. The molecular weight excluding hydrogens is 438 g/mol. The van der Waals surface area contributed by atoms with Crippen molar-refractivity contribution < 1.29 is 9.53 Å². The van der Waals surface area contributed by atoms with Gasteiger partial charge in [0.05, 0.1) is 0 Å². The van der Waals surface area contributed by atoms with E-state index in [2.05, 4.69) is 61.5 Å². The average molecular weight is 472 g/mol. The molecule has 0 spiro atoms. The first-order valence-corrected chi connectivity index (χ1v) is 12.2. The van der Waals surface area contributed by atoms with E-state index in [-0.39, 0.29) is 0 Å². The molecule has 0 aliphatic heterocycles. The Morgan fingerprint density at radius 3 is 2.57 bits per heavy atom. The molecule has 0 aliphatic rings. The van der Waals surface area contributed by atoms with Gasteiger partial charge in [-0.15, -0.1) is 10.2 Å². The summed E-state index contributed by atoms with van der Waals surface area (Å²) in [6.07, 6.45) is 7.17. The standard InChI is InChI=1S/C28H33N5O2/c1-28(2,3)35-27(34)30-17-18-33-25(12-8-7-11-21-9-5-4-6-10-21)31-32-26(33)23-13-14-24-20-29-16-15-22(24)19-23/h4-6,9-10,13-16,19-20H,7-8,11-12,17-18H2,1-3H3,(H,30,34). The molecule has 0 radical (unpaired) electrons. The van der Waals surface area contributed by atoms with E-state index in [4.69, 9.17) is 4.74 Å². The molecule has 0 saturated heterocycles. The monoisotopic (exact) mass is 471 g/mol. The van der Waals surface area contributed by atoms with Gasteiger partial charge in [-0.1, -0.05) is 42.5 Å². The minimum absolute atomic E-state index is 0.422. The Morgan fingerprint density at radius 1 is 0.971 bits per heavy atom. The third-order valence-corrected chi connectivity index (χ3v) is 5.69. The van der Waals surface area contributed by atoms with Crippen LogP contribution < -0.4 is 5.32 Å². The van der Waals surface area contributed by atoms with Crippen molar-refractivity contribution in [3.8, 4) is 11.4 Å². The molecule has 4 aromatic rings. The van der Waals surface area contributed by atoms with Gasteiger partial charge in [0.25, 0.3) is 0 Å². The van der Waals surface area contributed by atoms with Crippen molar-refractivity contribution in [2.24, 2.45) is 0 Å². The number of hydrogen-bond donors (Lipinski definition) is 1. The van der Waals surface area contributed by atoms with Gasteiger partial charge in [-0.25, -0.2) is 4.79 Å². The van der Waals surface area contributed by atoms with E-state index < -0.39 is 11.7 Å². The molecular formula is C28H33N5O2. The fourth-order valence-corrected chi connectivity index (χ4v) is 4.03. The first-order valence-electron chi connectivity index (χ1n) is 12.2. The third kappa shape index (κ3) is 6.88. The lowest BCUT2D eigenvalue weighted by Gasteiger charge is -2.20. The predicted octanol–water partition coefficient (Wildman–Crippen LogP) is 5.58. The molecule has 2 aromatic carbocycles. The predicted molar refractivity (Wildman–Crippen MR) is 138 cm³/mol. The van der Waals surface area contributed by atoms with Crippen LogP contribution in [0.4, 0.5) is 4.79 Å². The summed E-state index contributed by atoms with van der Waals surface area (Å²) in [6.45, 7) is 6.55. The van der Waals surface area contributed by atoms with Crippen LogP contribution in [-0.4, -0.2) is 38.0 Å². The number of fused-ring (bicyclic) bond motifs is 1. The van der Waals surface area contributed by atoms with Crippen LogP contribution in [0, 0.1) is 0 Å². The number of carbonyl (C=O) groups excluding carboxylic acids is 1. The first-order chi connectivity index (χ1) is 16.9. The van der Waals surface area contributed by atoms with Gasteiger partial charge in [0.2, 0.25) is 0 Å². The van der Waals surface area contributed by atoms with Crippen molar-refractivity contribution in [1.29, 1.82) is 0 Å². The Bertz CT molecular complexity index is 1260. The number of unbranched alkanes of at least 4 members (excludes halogenated alkanes) is 1. The maximum absolute atomic E-state index is 12.1. The molecule has 1 N–H and O–H groups in total. The topological polar surface area (TPSA) is 81.9 Å². The summed E-state index contributed by atoms with van der Waals surface area (Å²) < 4.78 is 7.49. The second-order valence-corrected chi connectivity index (χ2v) is 9.65. The Labute approximate surface area is 206 Å². The highest BCUT2D eigenvalue weighted by Crippen LogP contribution is 2.24. The SMILES string of the molecule is CC(C)(C)OC(=O)NCCn1c(CCCCc2ccccc2)nnc1-c1ccc2cnccc2c1. The Hall–Kier alpha value is -3.74. The molecule has 1 amide bonds. The number of rotatable bonds is 9. The van der Waals surface area contributed by atoms with E-state index >= 15 is 0 Å². The van der Waals surface area contributed by atoms with E-state index in [0.717, 1.165) is 53.7 Å². The highest BCUT2D eigenvalue weighted by Gasteiger charge is 2.17. The van der Waals surface area contributed by atoms with Crippen LogP contribution in [0.3, 0.4) is 0 Å².